The molecule has 0 fully saturated rings. The van der Waals surface area contributed by atoms with Crippen LogP contribution in [0.5, 0.6) is 0 Å². The van der Waals surface area contributed by atoms with Gasteiger partial charge in [0.05, 0.1) is 0 Å². The number of hydrogen-bond donors (Lipinski definition) is 2. The highest BCUT2D eigenvalue weighted by atomic mass is 16.4. The predicted molar refractivity (Wildman–Crippen MR) is 52.1 cm³/mol. The zero-order valence-electron chi connectivity index (χ0n) is 8.60. The number of imidazole rings is 1. The molecule has 82 valence electrons. The van der Waals surface area contributed by atoms with Crippen LogP contribution < -0.4 is 5.32 Å². The number of carbonyl (C=O) groups excluding carboxylic acids is 1. The molecule has 6 nitrogen and oxygen atoms in total. The lowest BCUT2D eigenvalue weighted by atomic mass is 10.2. The Bertz CT molecular complexity index is 372. The van der Waals surface area contributed by atoms with Crippen molar-refractivity contribution in [3.63, 3.8) is 0 Å². The largest absolute Gasteiger partial charge is 0.479 e. The molecule has 0 aliphatic rings. The van der Waals surface area contributed by atoms with Crippen molar-refractivity contribution in [1.29, 1.82) is 0 Å². The van der Waals surface area contributed by atoms with E-state index in [4.69, 9.17) is 5.11 Å². The molecule has 1 aromatic rings. The Kier molecular flexibility index (Phi) is 3.43. The van der Waals surface area contributed by atoms with Gasteiger partial charge in [0.25, 0.3) is 0 Å². The summed E-state index contributed by atoms with van der Waals surface area (Å²) in [6.45, 7) is 3.76. The van der Waals surface area contributed by atoms with Gasteiger partial charge in [-0.25, -0.2) is 9.78 Å². The molecule has 1 rings (SSSR count). The Labute approximate surface area is 86.9 Å². The van der Waals surface area contributed by atoms with E-state index in [1.807, 2.05) is 6.92 Å². The first-order valence-corrected chi connectivity index (χ1v) is 4.57. The third kappa shape index (κ3) is 2.55. The second kappa shape index (κ2) is 4.59. The maximum atomic E-state index is 10.9. The number of amides is 1. The SMILES string of the molecule is CCn1ccnc1C(NC(C)=O)C(=O)O. The fourth-order valence-corrected chi connectivity index (χ4v) is 1.29. The van der Waals surface area contributed by atoms with Crippen LogP contribution in [0.25, 0.3) is 0 Å². The highest BCUT2D eigenvalue weighted by molar-refractivity contribution is 5.82. The Hall–Kier alpha value is -1.85. The summed E-state index contributed by atoms with van der Waals surface area (Å²) in [5.74, 6) is -1.18. The van der Waals surface area contributed by atoms with Crippen molar-refractivity contribution in [2.24, 2.45) is 0 Å². The molecule has 0 aliphatic heterocycles. The minimum atomic E-state index is -1.12. The Morgan fingerprint density at radius 2 is 2.33 bits per heavy atom. The van der Waals surface area contributed by atoms with Gasteiger partial charge < -0.3 is 15.0 Å². The van der Waals surface area contributed by atoms with Crippen LogP contribution in [0, 0.1) is 0 Å². The van der Waals surface area contributed by atoms with Crippen LogP contribution in [0.1, 0.15) is 25.7 Å². The highest BCUT2D eigenvalue weighted by Crippen LogP contribution is 2.11. The van der Waals surface area contributed by atoms with Crippen LogP contribution in [0.2, 0.25) is 0 Å². The molecule has 15 heavy (non-hydrogen) atoms. The van der Waals surface area contributed by atoms with Crippen LogP contribution in [-0.4, -0.2) is 26.5 Å². The number of carboxylic acids is 1. The van der Waals surface area contributed by atoms with Crippen molar-refractivity contribution in [2.45, 2.75) is 26.4 Å². The summed E-state index contributed by atoms with van der Waals surface area (Å²) < 4.78 is 1.68. The van der Waals surface area contributed by atoms with Crippen LogP contribution in [0.4, 0.5) is 0 Å². The Morgan fingerprint density at radius 1 is 1.67 bits per heavy atom. The molecule has 0 saturated carbocycles. The molecule has 0 saturated heterocycles. The van der Waals surface area contributed by atoms with E-state index < -0.39 is 17.9 Å². The Morgan fingerprint density at radius 3 is 2.80 bits per heavy atom. The monoisotopic (exact) mass is 211 g/mol. The molecule has 1 unspecified atom stereocenters. The van der Waals surface area contributed by atoms with Gasteiger partial charge in [-0.1, -0.05) is 0 Å². The molecule has 0 bridgehead atoms. The minimum absolute atomic E-state index is 0.334. The van der Waals surface area contributed by atoms with Gasteiger partial charge in [-0.2, -0.15) is 0 Å². The van der Waals surface area contributed by atoms with Crippen molar-refractivity contribution in [3.05, 3.63) is 18.2 Å². The molecule has 1 aromatic heterocycles. The summed E-state index contributed by atoms with van der Waals surface area (Å²) in [4.78, 5) is 25.7. The summed E-state index contributed by atoms with van der Waals surface area (Å²) in [6, 6.07) is -1.09. The smallest absolute Gasteiger partial charge is 0.334 e. The Balaban J connectivity index is 2.98. The minimum Gasteiger partial charge on any atom is -0.479 e. The topological polar surface area (TPSA) is 84.2 Å². The average Bonchev–Trinajstić information content (AvgIpc) is 2.60. The molecule has 6 heteroatoms. The van der Waals surface area contributed by atoms with Crippen LogP contribution >= 0.6 is 0 Å². The lowest BCUT2D eigenvalue weighted by molar-refractivity contribution is -0.142. The van der Waals surface area contributed by atoms with E-state index in [9.17, 15) is 9.59 Å². The van der Waals surface area contributed by atoms with Gasteiger partial charge >= 0.3 is 5.97 Å². The molecule has 0 spiro atoms. The normalized spacial score (nSPS) is 12.1. The number of carboxylic acid groups (broad SMARTS) is 1. The molecule has 0 aliphatic carbocycles. The summed E-state index contributed by atoms with van der Waals surface area (Å²) in [5, 5.41) is 11.3. The van der Waals surface area contributed by atoms with E-state index >= 15 is 0 Å². The summed E-state index contributed by atoms with van der Waals surface area (Å²) in [6.07, 6.45) is 3.18. The van der Waals surface area contributed by atoms with Gasteiger partial charge in [0.1, 0.15) is 5.82 Å². The number of aromatic nitrogens is 2. The van der Waals surface area contributed by atoms with Crippen LogP contribution in [-0.2, 0) is 16.1 Å². The summed E-state index contributed by atoms with van der Waals surface area (Å²) in [7, 11) is 0. The molecule has 2 N–H and O–H groups in total. The van der Waals surface area contributed by atoms with Crippen molar-refractivity contribution in [3.8, 4) is 0 Å². The lowest BCUT2D eigenvalue weighted by Crippen LogP contribution is -2.34. The average molecular weight is 211 g/mol. The quantitative estimate of drug-likeness (QED) is 0.743. The lowest BCUT2D eigenvalue weighted by Gasteiger charge is -2.13. The zero-order valence-corrected chi connectivity index (χ0v) is 8.60. The van der Waals surface area contributed by atoms with Gasteiger partial charge in [0.2, 0.25) is 5.91 Å². The van der Waals surface area contributed by atoms with Gasteiger partial charge in [-0.15, -0.1) is 0 Å². The van der Waals surface area contributed by atoms with Gasteiger partial charge in [-0.3, -0.25) is 4.79 Å². The molecule has 1 atom stereocenters. The number of carbonyl (C=O) groups is 2. The van der Waals surface area contributed by atoms with Crippen molar-refractivity contribution in [2.75, 3.05) is 0 Å². The molecule has 0 radical (unpaired) electrons. The summed E-state index contributed by atoms with van der Waals surface area (Å²) in [5.41, 5.74) is 0. The van der Waals surface area contributed by atoms with Crippen LogP contribution in [0.15, 0.2) is 12.4 Å². The van der Waals surface area contributed by atoms with Crippen molar-refractivity contribution < 1.29 is 14.7 Å². The molecular formula is C9H13N3O3. The third-order valence-corrected chi connectivity index (χ3v) is 1.94. The standard InChI is InChI=1S/C9H13N3O3/c1-3-12-5-4-10-8(12)7(9(14)15)11-6(2)13/h4-5,7H,3H2,1-2H3,(H,11,13)(H,14,15). The number of aliphatic carboxylic acids is 1. The second-order valence-electron chi connectivity index (χ2n) is 3.04. The predicted octanol–water partition coefficient (Wildman–Crippen LogP) is 0.165. The second-order valence-corrected chi connectivity index (χ2v) is 3.04. The fourth-order valence-electron chi connectivity index (χ4n) is 1.29. The van der Waals surface area contributed by atoms with Crippen molar-refractivity contribution >= 4 is 11.9 Å². The maximum Gasteiger partial charge on any atom is 0.334 e. The van der Waals surface area contributed by atoms with E-state index in [0.717, 1.165) is 0 Å². The highest BCUT2D eigenvalue weighted by Gasteiger charge is 2.24. The molecule has 1 heterocycles. The molecule has 1 amide bonds. The first-order chi connectivity index (χ1) is 7.06. The van der Waals surface area contributed by atoms with E-state index in [1.54, 1.807) is 10.8 Å². The number of nitrogens with one attached hydrogen (secondary N) is 1. The van der Waals surface area contributed by atoms with E-state index in [-0.39, 0.29) is 0 Å². The maximum absolute atomic E-state index is 10.9. The number of hydrogen-bond acceptors (Lipinski definition) is 3. The van der Waals surface area contributed by atoms with E-state index in [0.29, 0.717) is 12.4 Å². The summed E-state index contributed by atoms with van der Waals surface area (Å²) >= 11 is 0. The van der Waals surface area contributed by atoms with Crippen LogP contribution in [0.3, 0.4) is 0 Å². The van der Waals surface area contributed by atoms with Crippen molar-refractivity contribution in [1.82, 2.24) is 14.9 Å². The van der Waals surface area contributed by atoms with Gasteiger partial charge in [-0.05, 0) is 6.92 Å². The van der Waals surface area contributed by atoms with Gasteiger partial charge in [0, 0.05) is 25.9 Å². The van der Waals surface area contributed by atoms with E-state index in [2.05, 4.69) is 10.3 Å². The number of aryl methyl sites for hydroxylation is 1. The van der Waals surface area contributed by atoms with Gasteiger partial charge in [0.15, 0.2) is 6.04 Å². The molecular weight excluding hydrogens is 198 g/mol. The number of nitrogens with zero attached hydrogens (tertiary/aromatic N) is 2. The first-order valence-electron chi connectivity index (χ1n) is 4.57. The zero-order chi connectivity index (χ0) is 11.4. The third-order valence-electron chi connectivity index (χ3n) is 1.94. The first kappa shape index (κ1) is 11.2. The number of rotatable bonds is 4. The molecule has 0 aromatic carbocycles. The fraction of sp³-hybridized carbons (Fsp3) is 0.444. The van der Waals surface area contributed by atoms with E-state index in [1.165, 1.54) is 13.1 Å².